The summed E-state index contributed by atoms with van der Waals surface area (Å²) < 4.78 is 10.8. The number of hydrogen-bond donors (Lipinski definition) is 2. The second kappa shape index (κ2) is 11.8. The van der Waals surface area contributed by atoms with E-state index in [-0.39, 0.29) is 24.3 Å². The van der Waals surface area contributed by atoms with Crippen molar-refractivity contribution in [1.29, 1.82) is 0 Å². The number of nitrogens with one attached hydrogen (secondary N) is 2. The van der Waals surface area contributed by atoms with E-state index in [4.69, 9.17) is 9.47 Å². The predicted molar refractivity (Wildman–Crippen MR) is 133 cm³/mol. The van der Waals surface area contributed by atoms with Crippen molar-refractivity contribution in [1.82, 2.24) is 15.5 Å². The van der Waals surface area contributed by atoms with E-state index in [0.717, 1.165) is 23.6 Å². The lowest BCUT2D eigenvalue weighted by atomic mass is 9.96. The molecule has 0 aliphatic carbocycles. The lowest BCUT2D eigenvalue weighted by Crippen LogP contribution is -2.49. The van der Waals surface area contributed by atoms with Gasteiger partial charge in [0.15, 0.2) is 0 Å². The van der Waals surface area contributed by atoms with Crippen molar-refractivity contribution in [3.63, 3.8) is 0 Å². The van der Waals surface area contributed by atoms with Crippen LogP contribution in [0.5, 0.6) is 5.75 Å². The minimum atomic E-state index is -0.766. The highest BCUT2D eigenvalue weighted by Crippen LogP contribution is 2.23. The first-order valence-corrected chi connectivity index (χ1v) is 11.9. The maximum Gasteiger partial charge on any atom is 0.417 e. The minimum Gasteiger partial charge on any atom is -0.497 e. The van der Waals surface area contributed by atoms with Gasteiger partial charge in [0.05, 0.1) is 19.7 Å². The molecule has 3 rings (SSSR count). The molecular weight excluding hydrogens is 446 g/mol. The number of amides is 3. The van der Waals surface area contributed by atoms with E-state index in [1.165, 1.54) is 0 Å². The predicted octanol–water partition coefficient (Wildman–Crippen LogP) is 3.93. The summed E-state index contributed by atoms with van der Waals surface area (Å²) >= 11 is 0. The van der Waals surface area contributed by atoms with Gasteiger partial charge in [-0.3, -0.25) is 9.59 Å². The number of methoxy groups -OCH3 is 1. The van der Waals surface area contributed by atoms with Crippen molar-refractivity contribution in [3.05, 3.63) is 65.7 Å². The standard InChI is InChI=1S/C27H35N3O5/c1-27(2,3)35-26(33)30(25(32)21-14-16-28-17-15-21)18-23(19-8-6-5-7-9-19)29-24(31)20-10-12-22(34-4)13-11-20/h5-13,21,23,28H,14-18H2,1-4H3,(H,29,31)/t23-/m0/s1. The van der Waals surface area contributed by atoms with Crippen LogP contribution in [0.4, 0.5) is 4.79 Å². The van der Waals surface area contributed by atoms with Crippen LogP contribution in [0.3, 0.4) is 0 Å². The smallest absolute Gasteiger partial charge is 0.417 e. The van der Waals surface area contributed by atoms with Crippen molar-refractivity contribution in [2.75, 3.05) is 26.7 Å². The molecule has 35 heavy (non-hydrogen) atoms. The Bertz CT molecular complexity index is 996. The number of nitrogens with zero attached hydrogens (tertiary/aromatic N) is 1. The van der Waals surface area contributed by atoms with Crippen LogP contribution in [-0.2, 0) is 9.53 Å². The van der Waals surface area contributed by atoms with Crippen LogP contribution >= 0.6 is 0 Å². The molecule has 1 aliphatic heterocycles. The average Bonchev–Trinajstić information content (AvgIpc) is 2.86. The Morgan fingerprint density at radius 2 is 1.66 bits per heavy atom. The molecule has 2 aromatic carbocycles. The van der Waals surface area contributed by atoms with Crippen molar-refractivity contribution in [2.45, 2.75) is 45.3 Å². The Labute approximate surface area is 207 Å². The van der Waals surface area contributed by atoms with E-state index in [1.54, 1.807) is 52.1 Å². The van der Waals surface area contributed by atoms with E-state index in [2.05, 4.69) is 10.6 Å². The zero-order chi connectivity index (χ0) is 25.4. The summed E-state index contributed by atoms with van der Waals surface area (Å²) in [5, 5.41) is 6.24. The number of imide groups is 1. The van der Waals surface area contributed by atoms with Gasteiger partial charge in [0.2, 0.25) is 5.91 Å². The number of hydrogen-bond acceptors (Lipinski definition) is 6. The van der Waals surface area contributed by atoms with Gasteiger partial charge in [-0.2, -0.15) is 0 Å². The van der Waals surface area contributed by atoms with Gasteiger partial charge in [0.25, 0.3) is 5.91 Å². The number of ether oxygens (including phenoxy) is 2. The number of carbonyl (C=O) groups is 3. The topological polar surface area (TPSA) is 97.0 Å². The molecule has 2 aromatic rings. The van der Waals surface area contributed by atoms with Crippen LogP contribution in [-0.4, -0.2) is 55.2 Å². The Morgan fingerprint density at radius 1 is 1.03 bits per heavy atom. The largest absolute Gasteiger partial charge is 0.497 e. The van der Waals surface area contributed by atoms with Gasteiger partial charge in [-0.25, -0.2) is 9.69 Å². The lowest BCUT2D eigenvalue weighted by Gasteiger charge is -2.33. The molecule has 1 fully saturated rings. The average molecular weight is 482 g/mol. The zero-order valence-corrected chi connectivity index (χ0v) is 20.9. The summed E-state index contributed by atoms with van der Waals surface area (Å²) in [6.45, 7) is 6.68. The molecule has 0 saturated carbocycles. The maximum absolute atomic E-state index is 13.5. The molecule has 2 N–H and O–H groups in total. The quantitative estimate of drug-likeness (QED) is 0.622. The Morgan fingerprint density at radius 3 is 2.23 bits per heavy atom. The third kappa shape index (κ3) is 7.55. The van der Waals surface area contributed by atoms with Crippen molar-refractivity contribution in [3.8, 4) is 5.75 Å². The first-order valence-electron chi connectivity index (χ1n) is 11.9. The number of benzene rings is 2. The lowest BCUT2D eigenvalue weighted by molar-refractivity contribution is -0.135. The van der Waals surface area contributed by atoms with E-state index < -0.39 is 17.7 Å². The summed E-state index contributed by atoms with van der Waals surface area (Å²) in [4.78, 5) is 40.9. The second-order valence-electron chi connectivity index (χ2n) is 9.62. The van der Waals surface area contributed by atoms with Crippen molar-refractivity contribution < 1.29 is 23.9 Å². The molecule has 0 aromatic heterocycles. The Kier molecular flexibility index (Phi) is 8.87. The van der Waals surface area contributed by atoms with Crippen LogP contribution in [0.25, 0.3) is 0 Å². The van der Waals surface area contributed by atoms with E-state index in [9.17, 15) is 14.4 Å². The molecule has 3 amide bonds. The van der Waals surface area contributed by atoms with E-state index >= 15 is 0 Å². The molecule has 0 radical (unpaired) electrons. The minimum absolute atomic E-state index is 0.0381. The molecule has 8 heteroatoms. The fourth-order valence-electron chi connectivity index (χ4n) is 3.95. The van der Waals surface area contributed by atoms with Crippen LogP contribution in [0.15, 0.2) is 54.6 Å². The number of piperidine rings is 1. The number of rotatable bonds is 7. The third-order valence-corrected chi connectivity index (χ3v) is 5.79. The zero-order valence-electron chi connectivity index (χ0n) is 20.9. The molecular formula is C27H35N3O5. The summed E-state index contributed by atoms with van der Waals surface area (Å²) in [6, 6.07) is 15.4. The Hall–Kier alpha value is -3.39. The molecule has 8 nitrogen and oxygen atoms in total. The molecule has 188 valence electrons. The molecule has 0 bridgehead atoms. The SMILES string of the molecule is COc1ccc(C(=O)N[C@@H](CN(C(=O)OC(C)(C)C)C(=O)C2CCNCC2)c2ccccc2)cc1. The van der Waals surface area contributed by atoms with Crippen molar-refractivity contribution >= 4 is 17.9 Å². The normalized spacial score (nSPS) is 15.1. The van der Waals surface area contributed by atoms with Gasteiger partial charge in [0.1, 0.15) is 11.4 Å². The van der Waals surface area contributed by atoms with E-state index in [0.29, 0.717) is 24.2 Å². The van der Waals surface area contributed by atoms with Gasteiger partial charge < -0.3 is 20.1 Å². The molecule has 1 aliphatic rings. The summed E-state index contributed by atoms with van der Waals surface area (Å²) in [5.74, 6) is -0.234. The first kappa shape index (κ1) is 26.2. The fraction of sp³-hybridized carbons (Fsp3) is 0.444. The van der Waals surface area contributed by atoms with Crippen LogP contribution in [0.2, 0.25) is 0 Å². The first-order chi connectivity index (χ1) is 16.7. The molecule has 1 atom stereocenters. The second-order valence-corrected chi connectivity index (χ2v) is 9.62. The highest BCUT2D eigenvalue weighted by atomic mass is 16.6. The van der Waals surface area contributed by atoms with Crippen LogP contribution < -0.4 is 15.4 Å². The van der Waals surface area contributed by atoms with Crippen LogP contribution in [0.1, 0.15) is 55.6 Å². The monoisotopic (exact) mass is 481 g/mol. The fourth-order valence-corrected chi connectivity index (χ4v) is 3.95. The summed E-state index contributed by atoms with van der Waals surface area (Å²) in [6.07, 6.45) is 0.583. The molecule has 1 heterocycles. The van der Waals surface area contributed by atoms with Gasteiger partial charge in [-0.1, -0.05) is 30.3 Å². The van der Waals surface area contributed by atoms with Gasteiger partial charge in [-0.05, 0) is 76.5 Å². The van der Waals surface area contributed by atoms with Gasteiger partial charge >= 0.3 is 6.09 Å². The number of carbonyl (C=O) groups excluding carboxylic acids is 3. The summed E-state index contributed by atoms with van der Waals surface area (Å²) in [5.41, 5.74) is 0.458. The van der Waals surface area contributed by atoms with Gasteiger partial charge in [0, 0.05) is 11.5 Å². The molecule has 0 spiro atoms. The highest BCUT2D eigenvalue weighted by Gasteiger charge is 2.35. The third-order valence-electron chi connectivity index (χ3n) is 5.79. The Balaban J connectivity index is 1.88. The van der Waals surface area contributed by atoms with Crippen LogP contribution in [0, 0.1) is 5.92 Å². The maximum atomic E-state index is 13.5. The molecule has 0 unspecified atom stereocenters. The van der Waals surface area contributed by atoms with E-state index in [1.807, 2.05) is 30.3 Å². The van der Waals surface area contributed by atoms with Gasteiger partial charge in [-0.15, -0.1) is 0 Å². The highest BCUT2D eigenvalue weighted by molar-refractivity contribution is 5.95. The summed E-state index contributed by atoms with van der Waals surface area (Å²) in [7, 11) is 1.56. The van der Waals surface area contributed by atoms with Crippen molar-refractivity contribution in [2.24, 2.45) is 5.92 Å². The molecule has 1 saturated heterocycles.